The Balaban J connectivity index is 2.02. The van der Waals surface area contributed by atoms with Crippen LogP contribution in [0.15, 0.2) is 36.4 Å². The predicted octanol–water partition coefficient (Wildman–Crippen LogP) is 3.66. The number of aryl methyl sites for hydroxylation is 1. The van der Waals surface area contributed by atoms with E-state index in [4.69, 9.17) is 18.9 Å². The van der Waals surface area contributed by atoms with Gasteiger partial charge in [-0.1, -0.05) is 29.8 Å². The molecule has 2 aromatic carbocycles. The highest BCUT2D eigenvalue weighted by molar-refractivity contribution is 5.92. The van der Waals surface area contributed by atoms with Crippen LogP contribution in [0.1, 0.15) is 42.3 Å². The molecule has 0 radical (unpaired) electrons. The molecule has 0 aliphatic carbocycles. The van der Waals surface area contributed by atoms with E-state index in [0.29, 0.717) is 43.6 Å². The normalized spacial score (nSPS) is 10.3. The van der Waals surface area contributed by atoms with E-state index in [0.717, 1.165) is 11.1 Å². The average molecular weight is 415 g/mol. The molecule has 2 rings (SSSR count). The van der Waals surface area contributed by atoms with Crippen molar-refractivity contribution in [2.24, 2.45) is 0 Å². The van der Waals surface area contributed by atoms with Crippen LogP contribution in [0.4, 0.5) is 0 Å². The van der Waals surface area contributed by atoms with Gasteiger partial charge in [-0.25, -0.2) is 4.79 Å². The number of hydrogen-bond acceptors (Lipinski definition) is 6. The van der Waals surface area contributed by atoms with E-state index in [1.54, 1.807) is 0 Å². The minimum absolute atomic E-state index is 0.219. The number of rotatable bonds is 11. The molecule has 30 heavy (non-hydrogen) atoms. The van der Waals surface area contributed by atoms with E-state index in [2.05, 4.69) is 5.32 Å². The van der Waals surface area contributed by atoms with Gasteiger partial charge in [-0.15, -0.1) is 0 Å². The fourth-order valence-electron chi connectivity index (χ4n) is 2.68. The maximum absolute atomic E-state index is 12.5. The Kier molecular flexibility index (Phi) is 9.00. The van der Waals surface area contributed by atoms with Crippen LogP contribution in [0.25, 0.3) is 0 Å². The second-order valence-corrected chi connectivity index (χ2v) is 6.44. The first-order valence-corrected chi connectivity index (χ1v) is 10.0. The van der Waals surface area contributed by atoms with Crippen LogP contribution < -0.4 is 19.5 Å². The molecule has 0 spiro atoms. The Morgan fingerprint density at radius 1 is 0.867 bits per heavy atom. The van der Waals surface area contributed by atoms with Gasteiger partial charge in [-0.05, 0) is 45.4 Å². The molecule has 0 saturated carbocycles. The number of carbonyl (C=O) groups excluding carboxylic acids is 2. The number of benzene rings is 2. The van der Waals surface area contributed by atoms with Crippen molar-refractivity contribution < 1.29 is 28.5 Å². The summed E-state index contributed by atoms with van der Waals surface area (Å²) in [5.74, 6) is 0.186. The van der Waals surface area contributed by atoms with Gasteiger partial charge in [0.2, 0.25) is 5.75 Å². The van der Waals surface area contributed by atoms with Crippen LogP contribution in [0.2, 0.25) is 0 Å². The Bertz CT molecular complexity index is 820. The third kappa shape index (κ3) is 6.69. The molecule has 0 saturated heterocycles. The van der Waals surface area contributed by atoms with E-state index in [1.807, 2.05) is 52.0 Å². The zero-order chi connectivity index (χ0) is 21.9. The Hall–Kier alpha value is -3.22. The Morgan fingerprint density at radius 2 is 1.43 bits per heavy atom. The lowest BCUT2D eigenvalue weighted by Gasteiger charge is -2.16. The fourth-order valence-corrected chi connectivity index (χ4v) is 2.68. The lowest BCUT2D eigenvalue weighted by atomic mass is 10.1. The van der Waals surface area contributed by atoms with Crippen molar-refractivity contribution in [1.82, 2.24) is 5.32 Å². The quantitative estimate of drug-likeness (QED) is 0.564. The van der Waals surface area contributed by atoms with Gasteiger partial charge in [-0.2, -0.15) is 0 Å². The lowest BCUT2D eigenvalue weighted by molar-refractivity contribution is -0.124. The summed E-state index contributed by atoms with van der Waals surface area (Å²) in [5.41, 5.74) is 2.33. The van der Waals surface area contributed by atoms with Gasteiger partial charge in [0.1, 0.15) is 0 Å². The minimum atomic E-state index is -0.648. The van der Waals surface area contributed by atoms with Gasteiger partial charge in [0.25, 0.3) is 5.91 Å². The molecule has 0 aliphatic heterocycles. The lowest BCUT2D eigenvalue weighted by Crippen LogP contribution is -2.28. The van der Waals surface area contributed by atoms with Crippen molar-refractivity contribution in [2.75, 3.05) is 26.4 Å². The van der Waals surface area contributed by atoms with Crippen molar-refractivity contribution in [3.63, 3.8) is 0 Å². The first-order chi connectivity index (χ1) is 14.5. The summed E-state index contributed by atoms with van der Waals surface area (Å²) in [5, 5.41) is 2.73. The van der Waals surface area contributed by atoms with Crippen LogP contribution in [0.3, 0.4) is 0 Å². The zero-order valence-corrected chi connectivity index (χ0v) is 17.9. The van der Waals surface area contributed by atoms with Crippen LogP contribution >= 0.6 is 0 Å². The van der Waals surface area contributed by atoms with Gasteiger partial charge in [-0.3, -0.25) is 4.79 Å². The summed E-state index contributed by atoms with van der Waals surface area (Å²) in [6.45, 7) is 8.70. The number of nitrogens with one attached hydrogen (secondary N) is 1. The monoisotopic (exact) mass is 415 g/mol. The molecule has 2 aromatic rings. The largest absolute Gasteiger partial charge is 0.490 e. The molecule has 0 heterocycles. The van der Waals surface area contributed by atoms with E-state index >= 15 is 0 Å². The second kappa shape index (κ2) is 11.7. The first-order valence-electron chi connectivity index (χ1n) is 10.0. The smallest absolute Gasteiger partial charge is 0.338 e. The summed E-state index contributed by atoms with van der Waals surface area (Å²) >= 11 is 0. The molecule has 0 atom stereocenters. The molecular formula is C23H29NO6. The molecule has 162 valence electrons. The fraction of sp³-hybridized carbons (Fsp3) is 0.391. The summed E-state index contributed by atoms with van der Waals surface area (Å²) in [4.78, 5) is 24.5. The summed E-state index contributed by atoms with van der Waals surface area (Å²) < 4.78 is 22.0. The first kappa shape index (κ1) is 23.1. The number of esters is 1. The molecule has 0 aliphatic rings. The third-order valence-corrected chi connectivity index (χ3v) is 4.09. The van der Waals surface area contributed by atoms with Gasteiger partial charge in [0, 0.05) is 6.54 Å². The second-order valence-electron chi connectivity index (χ2n) is 6.44. The van der Waals surface area contributed by atoms with Crippen molar-refractivity contribution in [2.45, 2.75) is 34.2 Å². The highest BCUT2D eigenvalue weighted by Crippen LogP contribution is 2.39. The molecule has 1 amide bonds. The van der Waals surface area contributed by atoms with Gasteiger partial charge >= 0.3 is 5.97 Å². The molecule has 7 nitrogen and oxygen atoms in total. The number of carbonyl (C=O) groups is 2. The number of hydrogen-bond donors (Lipinski definition) is 1. The highest BCUT2D eigenvalue weighted by atomic mass is 16.5. The Labute approximate surface area is 177 Å². The molecule has 0 unspecified atom stereocenters. The summed E-state index contributed by atoms with van der Waals surface area (Å²) in [7, 11) is 0. The van der Waals surface area contributed by atoms with Crippen molar-refractivity contribution in [3.8, 4) is 17.2 Å². The third-order valence-electron chi connectivity index (χ3n) is 4.09. The SMILES string of the molecule is CCOc1cc(C(=O)OCC(=O)NCc2ccc(C)cc2)cc(OCC)c1OCC. The van der Waals surface area contributed by atoms with E-state index in [1.165, 1.54) is 12.1 Å². The van der Waals surface area contributed by atoms with Crippen LogP contribution in [-0.2, 0) is 16.1 Å². The average Bonchev–Trinajstić information content (AvgIpc) is 2.74. The maximum Gasteiger partial charge on any atom is 0.338 e. The number of amides is 1. The Morgan fingerprint density at radius 3 is 1.97 bits per heavy atom. The summed E-state index contributed by atoms with van der Waals surface area (Å²) in [6.07, 6.45) is 0. The van der Waals surface area contributed by atoms with Crippen molar-refractivity contribution in [1.29, 1.82) is 0 Å². The van der Waals surface area contributed by atoms with E-state index in [-0.39, 0.29) is 18.1 Å². The van der Waals surface area contributed by atoms with E-state index < -0.39 is 5.97 Å². The van der Waals surface area contributed by atoms with Crippen molar-refractivity contribution >= 4 is 11.9 Å². The highest BCUT2D eigenvalue weighted by Gasteiger charge is 2.19. The van der Waals surface area contributed by atoms with Crippen LogP contribution in [0.5, 0.6) is 17.2 Å². The molecule has 0 aromatic heterocycles. The molecule has 0 fully saturated rings. The summed E-state index contributed by atoms with van der Waals surface area (Å²) in [6, 6.07) is 10.9. The maximum atomic E-state index is 12.5. The van der Waals surface area contributed by atoms with Gasteiger partial charge in [0.15, 0.2) is 18.1 Å². The van der Waals surface area contributed by atoms with Gasteiger partial charge in [0.05, 0.1) is 25.4 Å². The van der Waals surface area contributed by atoms with Crippen LogP contribution in [-0.4, -0.2) is 38.3 Å². The number of ether oxygens (including phenoxy) is 4. The molecule has 1 N–H and O–H groups in total. The zero-order valence-electron chi connectivity index (χ0n) is 17.9. The predicted molar refractivity (Wildman–Crippen MR) is 113 cm³/mol. The van der Waals surface area contributed by atoms with Crippen molar-refractivity contribution in [3.05, 3.63) is 53.1 Å². The molecule has 7 heteroatoms. The topological polar surface area (TPSA) is 83.1 Å². The minimum Gasteiger partial charge on any atom is -0.490 e. The molecular weight excluding hydrogens is 386 g/mol. The van der Waals surface area contributed by atoms with Gasteiger partial charge < -0.3 is 24.3 Å². The van der Waals surface area contributed by atoms with Crippen LogP contribution in [0, 0.1) is 6.92 Å². The van der Waals surface area contributed by atoms with E-state index in [9.17, 15) is 9.59 Å². The molecule has 0 bridgehead atoms. The standard InChI is InChI=1S/C23H29NO6/c1-5-27-19-12-18(13-20(28-6-2)22(19)29-7-3)23(26)30-15-21(25)24-14-17-10-8-16(4)9-11-17/h8-13H,5-7,14-15H2,1-4H3,(H,24,25).